The summed E-state index contributed by atoms with van der Waals surface area (Å²) in [7, 11) is 1.59. The van der Waals surface area contributed by atoms with Crippen molar-refractivity contribution < 1.29 is 14.2 Å². The predicted molar refractivity (Wildman–Crippen MR) is 67.2 cm³/mol. The lowest BCUT2D eigenvalue weighted by atomic mass is 10.1. The van der Waals surface area contributed by atoms with Gasteiger partial charge in [-0.2, -0.15) is 4.98 Å². The first-order valence-corrected chi connectivity index (χ1v) is 6.22. The van der Waals surface area contributed by atoms with Crippen molar-refractivity contribution in [3.63, 3.8) is 0 Å². The summed E-state index contributed by atoms with van der Waals surface area (Å²) in [6, 6.07) is 0. The van der Waals surface area contributed by atoms with Crippen molar-refractivity contribution >= 4 is 5.82 Å². The molecule has 1 fully saturated rings. The Hall–Kier alpha value is -1.56. The van der Waals surface area contributed by atoms with Gasteiger partial charge in [-0.3, -0.25) is 0 Å². The van der Waals surface area contributed by atoms with Gasteiger partial charge in [-0.05, 0) is 6.92 Å². The third-order valence-electron chi connectivity index (χ3n) is 2.77. The molecule has 1 aliphatic rings. The Labute approximate surface area is 107 Å². The van der Waals surface area contributed by atoms with Gasteiger partial charge in [0.1, 0.15) is 12.4 Å². The molecule has 0 bridgehead atoms. The van der Waals surface area contributed by atoms with E-state index in [9.17, 15) is 0 Å². The van der Waals surface area contributed by atoms with E-state index < -0.39 is 0 Å². The number of methoxy groups -OCH3 is 1. The molecule has 0 aliphatic carbocycles. The largest absolute Gasteiger partial charge is 0.489 e. The third-order valence-corrected chi connectivity index (χ3v) is 2.77. The zero-order valence-corrected chi connectivity index (χ0v) is 10.8. The minimum atomic E-state index is 0.136. The molecule has 0 atom stereocenters. The molecular formula is C12H19N3O3. The molecule has 0 saturated carbocycles. The van der Waals surface area contributed by atoms with E-state index in [-0.39, 0.29) is 6.10 Å². The van der Waals surface area contributed by atoms with E-state index >= 15 is 0 Å². The van der Waals surface area contributed by atoms with E-state index in [1.165, 1.54) is 6.33 Å². The van der Waals surface area contributed by atoms with Gasteiger partial charge in [0.05, 0.1) is 20.3 Å². The topological polar surface area (TPSA) is 65.5 Å². The van der Waals surface area contributed by atoms with Gasteiger partial charge in [0, 0.05) is 19.4 Å². The van der Waals surface area contributed by atoms with Gasteiger partial charge < -0.3 is 19.5 Å². The maximum Gasteiger partial charge on any atom is 0.262 e. The van der Waals surface area contributed by atoms with Crippen LogP contribution in [0.2, 0.25) is 0 Å². The first-order valence-electron chi connectivity index (χ1n) is 6.22. The van der Waals surface area contributed by atoms with E-state index in [0.717, 1.165) is 32.6 Å². The summed E-state index contributed by atoms with van der Waals surface area (Å²) in [5, 5.41) is 3.12. The fourth-order valence-electron chi connectivity index (χ4n) is 1.87. The summed E-state index contributed by atoms with van der Waals surface area (Å²) in [6.07, 6.45) is 3.37. The fraction of sp³-hybridized carbons (Fsp3) is 0.667. The Morgan fingerprint density at radius 3 is 2.83 bits per heavy atom. The van der Waals surface area contributed by atoms with Gasteiger partial charge in [0.2, 0.25) is 5.75 Å². The Morgan fingerprint density at radius 2 is 2.17 bits per heavy atom. The van der Waals surface area contributed by atoms with Crippen LogP contribution in [0.1, 0.15) is 19.8 Å². The quantitative estimate of drug-likeness (QED) is 0.857. The first-order chi connectivity index (χ1) is 8.85. The van der Waals surface area contributed by atoms with Crippen molar-refractivity contribution in [3.05, 3.63) is 6.33 Å². The van der Waals surface area contributed by atoms with Crippen LogP contribution in [-0.4, -0.2) is 42.9 Å². The summed E-state index contributed by atoms with van der Waals surface area (Å²) < 4.78 is 16.5. The monoisotopic (exact) mass is 253 g/mol. The molecule has 1 aromatic rings. The normalized spacial score (nSPS) is 16.3. The van der Waals surface area contributed by atoms with E-state index in [1.54, 1.807) is 7.11 Å². The van der Waals surface area contributed by atoms with E-state index in [4.69, 9.17) is 14.2 Å². The molecule has 6 nitrogen and oxygen atoms in total. The van der Waals surface area contributed by atoms with Crippen molar-refractivity contribution in [2.45, 2.75) is 25.9 Å². The van der Waals surface area contributed by atoms with Crippen LogP contribution in [-0.2, 0) is 4.74 Å². The third kappa shape index (κ3) is 3.01. The lowest BCUT2D eigenvalue weighted by molar-refractivity contribution is 0.0226. The number of nitrogens with one attached hydrogen (secondary N) is 1. The van der Waals surface area contributed by atoms with E-state index in [0.29, 0.717) is 17.4 Å². The van der Waals surface area contributed by atoms with Crippen LogP contribution in [0.4, 0.5) is 5.82 Å². The smallest absolute Gasteiger partial charge is 0.262 e. The van der Waals surface area contributed by atoms with Gasteiger partial charge in [-0.25, -0.2) is 4.98 Å². The molecule has 0 spiro atoms. The minimum absolute atomic E-state index is 0.136. The highest BCUT2D eigenvalue weighted by molar-refractivity contribution is 5.54. The van der Waals surface area contributed by atoms with Crippen molar-refractivity contribution in [3.8, 4) is 11.6 Å². The molecule has 6 heteroatoms. The van der Waals surface area contributed by atoms with E-state index in [2.05, 4.69) is 15.3 Å². The average molecular weight is 253 g/mol. The second-order valence-electron chi connectivity index (χ2n) is 4.02. The highest BCUT2D eigenvalue weighted by Gasteiger charge is 2.20. The number of hydrogen-bond acceptors (Lipinski definition) is 6. The Morgan fingerprint density at radius 1 is 1.39 bits per heavy atom. The number of nitrogens with zero attached hydrogens (tertiary/aromatic N) is 2. The summed E-state index contributed by atoms with van der Waals surface area (Å²) in [4.78, 5) is 8.29. The Bertz CT molecular complexity index is 381. The zero-order valence-electron chi connectivity index (χ0n) is 10.8. The second-order valence-corrected chi connectivity index (χ2v) is 4.02. The zero-order chi connectivity index (χ0) is 12.8. The number of aromatic nitrogens is 2. The van der Waals surface area contributed by atoms with E-state index in [1.807, 2.05) is 6.92 Å². The van der Waals surface area contributed by atoms with Crippen molar-refractivity contribution in [1.29, 1.82) is 0 Å². The molecule has 0 unspecified atom stereocenters. The molecule has 1 aromatic heterocycles. The molecular weight excluding hydrogens is 234 g/mol. The number of ether oxygens (including phenoxy) is 3. The average Bonchev–Trinajstić information content (AvgIpc) is 2.41. The number of rotatable bonds is 5. The Balaban J connectivity index is 2.12. The second kappa shape index (κ2) is 6.39. The molecule has 1 saturated heterocycles. The number of hydrogen-bond donors (Lipinski definition) is 1. The molecule has 1 N–H and O–H groups in total. The SMILES string of the molecule is CCNc1ncnc(OC2CCOCC2)c1OC. The number of anilines is 1. The molecule has 2 rings (SSSR count). The maximum absolute atomic E-state index is 5.87. The lowest BCUT2D eigenvalue weighted by Crippen LogP contribution is -2.26. The fourth-order valence-corrected chi connectivity index (χ4v) is 1.87. The van der Waals surface area contributed by atoms with Crippen LogP contribution in [0, 0.1) is 0 Å². The predicted octanol–water partition coefficient (Wildman–Crippen LogP) is 1.47. The molecule has 2 heterocycles. The van der Waals surface area contributed by atoms with Gasteiger partial charge in [-0.15, -0.1) is 0 Å². The van der Waals surface area contributed by atoms with Crippen LogP contribution < -0.4 is 14.8 Å². The van der Waals surface area contributed by atoms with Crippen LogP contribution in [0.25, 0.3) is 0 Å². The molecule has 0 aromatic carbocycles. The summed E-state index contributed by atoms with van der Waals surface area (Å²) in [5.74, 6) is 1.72. The van der Waals surface area contributed by atoms with Crippen LogP contribution in [0.3, 0.4) is 0 Å². The van der Waals surface area contributed by atoms with Gasteiger partial charge in [0.15, 0.2) is 5.82 Å². The van der Waals surface area contributed by atoms with Crippen LogP contribution in [0.15, 0.2) is 6.33 Å². The highest BCUT2D eigenvalue weighted by Crippen LogP contribution is 2.32. The van der Waals surface area contributed by atoms with Gasteiger partial charge >= 0.3 is 0 Å². The molecule has 1 aliphatic heterocycles. The van der Waals surface area contributed by atoms with Crippen LogP contribution in [0.5, 0.6) is 11.6 Å². The summed E-state index contributed by atoms with van der Waals surface area (Å²) >= 11 is 0. The molecule has 0 amide bonds. The van der Waals surface area contributed by atoms with Gasteiger partial charge in [-0.1, -0.05) is 0 Å². The highest BCUT2D eigenvalue weighted by atomic mass is 16.5. The van der Waals surface area contributed by atoms with Crippen molar-refractivity contribution in [2.75, 3.05) is 32.2 Å². The van der Waals surface area contributed by atoms with Crippen molar-refractivity contribution in [1.82, 2.24) is 9.97 Å². The summed E-state index contributed by atoms with van der Waals surface area (Å²) in [6.45, 7) is 4.24. The minimum Gasteiger partial charge on any atom is -0.489 e. The van der Waals surface area contributed by atoms with Crippen molar-refractivity contribution in [2.24, 2.45) is 0 Å². The molecule has 18 heavy (non-hydrogen) atoms. The molecule has 100 valence electrons. The van der Waals surface area contributed by atoms with Crippen LogP contribution >= 0.6 is 0 Å². The summed E-state index contributed by atoms with van der Waals surface area (Å²) in [5.41, 5.74) is 0. The lowest BCUT2D eigenvalue weighted by Gasteiger charge is -2.23. The first kappa shape index (κ1) is 12.9. The van der Waals surface area contributed by atoms with Gasteiger partial charge in [0.25, 0.3) is 5.88 Å². The maximum atomic E-state index is 5.87. The standard InChI is InChI=1S/C12H19N3O3/c1-3-13-11-10(16-2)12(15-8-14-11)18-9-4-6-17-7-5-9/h8-9H,3-7H2,1-2H3,(H,13,14,15). The Kier molecular flexibility index (Phi) is 4.58. The molecule has 0 radical (unpaired) electrons.